The molecule has 1 aromatic rings. The molecular formula is C7H4KNO4. The van der Waals surface area contributed by atoms with Gasteiger partial charge in [-0.05, 0) is 6.07 Å². The minimum absolute atomic E-state index is 0. The fourth-order valence-corrected chi connectivity index (χ4v) is 0.805. The van der Waals surface area contributed by atoms with Crippen LogP contribution in [0.15, 0.2) is 24.3 Å². The molecule has 0 spiro atoms. The van der Waals surface area contributed by atoms with Crippen LogP contribution in [0.3, 0.4) is 0 Å². The average Bonchev–Trinajstić information content (AvgIpc) is 2.04. The van der Waals surface area contributed by atoms with Crippen molar-refractivity contribution in [1.29, 1.82) is 0 Å². The summed E-state index contributed by atoms with van der Waals surface area (Å²) in [7, 11) is 0. The van der Waals surface area contributed by atoms with E-state index in [2.05, 4.69) is 0 Å². The second-order valence-electron chi connectivity index (χ2n) is 2.06. The summed E-state index contributed by atoms with van der Waals surface area (Å²) in [6, 6.07) is 5.04. The van der Waals surface area contributed by atoms with Gasteiger partial charge in [-0.15, -0.1) is 0 Å². The Labute approximate surface area is 116 Å². The Morgan fingerprint density at radius 2 is 1.85 bits per heavy atom. The number of hydrogen-bond acceptors (Lipinski definition) is 4. The molecule has 62 valence electrons. The second-order valence-corrected chi connectivity index (χ2v) is 2.06. The molecule has 6 heteroatoms. The molecule has 0 aliphatic heterocycles. The number of nitrogens with zero attached hydrogens (tertiary/aromatic N) is 1. The van der Waals surface area contributed by atoms with Crippen molar-refractivity contribution in [2.75, 3.05) is 0 Å². The van der Waals surface area contributed by atoms with Gasteiger partial charge in [0.25, 0.3) is 5.69 Å². The molecule has 0 unspecified atom stereocenters. The maximum atomic E-state index is 10.3. The zero-order valence-electron chi connectivity index (χ0n) is 6.89. The number of benzene rings is 1. The Kier molecular flexibility index (Phi) is 5.34. The minimum Gasteiger partial charge on any atom is -0.545 e. The third-order valence-electron chi connectivity index (χ3n) is 1.32. The Hall–Kier alpha value is -0.274. The number of rotatable bonds is 2. The van der Waals surface area contributed by atoms with Gasteiger partial charge >= 0.3 is 51.4 Å². The summed E-state index contributed by atoms with van der Waals surface area (Å²) in [6.45, 7) is 0. The van der Waals surface area contributed by atoms with Gasteiger partial charge in [0.15, 0.2) is 0 Å². The van der Waals surface area contributed by atoms with Gasteiger partial charge in [0, 0.05) is 6.07 Å². The number of aromatic carboxylic acids is 1. The quantitative estimate of drug-likeness (QED) is 0.292. The van der Waals surface area contributed by atoms with Crippen molar-refractivity contribution in [3.8, 4) is 0 Å². The van der Waals surface area contributed by atoms with Gasteiger partial charge in [-0.3, -0.25) is 10.1 Å². The first kappa shape index (κ1) is 12.7. The molecule has 0 saturated heterocycles. The molecule has 0 radical (unpaired) electrons. The molecule has 0 aromatic heterocycles. The zero-order valence-corrected chi connectivity index (χ0v) is 10.0. The number of carbonyl (C=O) groups is 1. The van der Waals surface area contributed by atoms with Crippen LogP contribution in [0, 0.1) is 10.1 Å². The maximum Gasteiger partial charge on any atom is 1.00 e. The Bertz CT molecular complexity index is 306. The van der Waals surface area contributed by atoms with Crippen molar-refractivity contribution in [3.05, 3.63) is 39.9 Å². The van der Waals surface area contributed by atoms with E-state index >= 15 is 0 Å². The van der Waals surface area contributed by atoms with Crippen LogP contribution in [0.25, 0.3) is 0 Å². The molecule has 0 fully saturated rings. The van der Waals surface area contributed by atoms with Crippen LogP contribution in [-0.4, -0.2) is 10.9 Å². The molecule has 1 aromatic carbocycles. The normalized spacial score (nSPS) is 8.62. The SMILES string of the molecule is O=C([O-])c1ccccc1[N+](=O)[O-].[K+]. The standard InChI is InChI=1S/C7H5NO4.K/c9-7(10)5-3-1-2-4-6(5)8(11)12;/h1-4H,(H,9,10);/q;+1/p-1. The third-order valence-corrected chi connectivity index (χ3v) is 1.32. The summed E-state index contributed by atoms with van der Waals surface area (Å²) in [5.41, 5.74) is -0.847. The van der Waals surface area contributed by atoms with Crippen molar-refractivity contribution in [3.63, 3.8) is 0 Å². The first-order valence-corrected chi connectivity index (χ1v) is 3.07. The largest absolute Gasteiger partial charge is 1.00 e. The van der Waals surface area contributed by atoms with Gasteiger partial charge < -0.3 is 9.90 Å². The van der Waals surface area contributed by atoms with E-state index in [-0.39, 0.29) is 51.4 Å². The van der Waals surface area contributed by atoms with Crippen molar-refractivity contribution in [1.82, 2.24) is 0 Å². The van der Waals surface area contributed by atoms with Crippen LogP contribution in [0.1, 0.15) is 10.4 Å². The summed E-state index contributed by atoms with van der Waals surface area (Å²) in [4.78, 5) is 19.8. The van der Waals surface area contributed by atoms with E-state index in [1.165, 1.54) is 12.1 Å². The number of nitro benzene ring substituents is 1. The smallest absolute Gasteiger partial charge is 0.545 e. The van der Waals surface area contributed by atoms with Crippen LogP contribution < -0.4 is 56.5 Å². The van der Waals surface area contributed by atoms with E-state index < -0.39 is 22.1 Å². The average molecular weight is 205 g/mol. The molecule has 1 rings (SSSR count). The van der Waals surface area contributed by atoms with Crippen LogP contribution in [0.5, 0.6) is 0 Å². The van der Waals surface area contributed by atoms with E-state index in [1.807, 2.05) is 0 Å². The molecule has 0 aliphatic rings. The molecule has 0 heterocycles. The summed E-state index contributed by atoms with van der Waals surface area (Å²) >= 11 is 0. The molecule has 0 N–H and O–H groups in total. The fourth-order valence-electron chi connectivity index (χ4n) is 0.805. The van der Waals surface area contributed by atoms with Gasteiger partial charge in [-0.1, -0.05) is 12.1 Å². The molecule has 0 aliphatic carbocycles. The Balaban J connectivity index is 0.00000144. The van der Waals surface area contributed by atoms with Crippen molar-refractivity contribution >= 4 is 11.7 Å². The van der Waals surface area contributed by atoms with Crippen molar-refractivity contribution in [2.24, 2.45) is 0 Å². The first-order valence-electron chi connectivity index (χ1n) is 3.07. The summed E-state index contributed by atoms with van der Waals surface area (Å²) < 4.78 is 0. The summed E-state index contributed by atoms with van der Waals surface area (Å²) in [6.07, 6.45) is 0. The number of carboxylic acid groups (broad SMARTS) is 1. The predicted octanol–water partition coefficient (Wildman–Crippen LogP) is -3.04. The van der Waals surface area contributed by atoms with Crippen LogP contribution in [0.4, 0.5) is 5.69 Å². The number of carboxylic acids is 1. The van der Waals surface area contributed by atoms with E-state index in [0.717, 1.165) is 12.1 Å². The van der Waals surface area contributed by atoms with Crippen molar-refractivity contribution < 1.29 is 66.2 Å². The monoisotopic (exact) mass is 205 g/mol. The Morgan fingerprint density at radius 1 is 1.31 bits per heavy atom. The van der Waals surface area contributed by atoms with Crippen LogP contribution >= 0.6 is 0 Å². The molecule has 0 amide bonds. The fraction of sp³-hybridized carbons (Fsp3) is 0. The molecule has 0 atom stereocenters. The van der Waals surface area contributed by atoms with Crippen LogP contribution in [-0.2, 0) is 0 Å². The molecule has 0 bridgehead atoms. The van der Waals surface area contributed by atoms with E-state index in [4.69, 9.17) is 0 Å². The zero-order chi connectivity index (χ0) is 9.14. The molecular weight excluding hydrogens is 201 g/mol. The maximum absolute atomic E-state index is 10.3. The number of hydrogen-bond donors (Lipinski definition) is 0. The molecule has 0 saturated carbocycles. The Morgan fingerprint density at radius 3 is 2.23 bits per heavy atom. The van der Waals surface area contributed by atoms with Gasteiger partial charge in [-0.25, -0.2) is 0 Å². The second kappa shape index (κ2) is 5.46. The van der Waals surface area contributed by atoms with Gasteiger partial charge in [0.05, 0.1) is 16.5 Å². The number of nitro groups is 1. The number of carbonyl (C=O) groups excluding carboxylic acids is 1. The topological polar surface area (TPSA) is 83.3 Å². The van der Waals surface area contributed by atoms with E-state index in [1.54, 1.807) is 0 Å². The summed E-state index contributed by atoms with van der Waals surface area (Å²) in [5, 5.41) is 20.6. The third kappa shape index (κ3) is 3.16. The van der Waals surface area contributed by atoms with E-state index in [0.29, 0.717) is 0 Å². The molecule has 13 heavy (non-hydrogen) atoms. The van der Waals surface area contributed by atoms with Crippen LogP contribution in [0.2, 0.25) is 0 Å². The predicted molar refractivity (Wildman–Crippen MR) is 37.4 cm³/mol. The van der Waals surface area contributed by atoms with Crippen molar-refractivity contribution in [2.45, 2.75) is 0 Å². The van der Waals surface area contributed by atoms with Gasteiger partial charge in [0.1, 0.15) is 0 Å². The molecule has 5 nitrogen and oxygen atoms in total. The minimum atomic E-state index is -1.54. The number of para-hydroxylation sites is 1. The van der Waals surface area contributed by atoms with E-state index in [9.17, 15) is 20.0 Å². The van der Waals surface area contributed by atoms with Gasteiger partial charge in [0.2, 0.25) is 0 Å². The summed E-state index contributed by atoms with van der Waals surface area (Å²) in [5.74, 6) is -1.54. The van der Waals surface area contributed by atoms with Gasteiger partial charge in [-0.2, -0.15) is 0 Å². The first-order chi connectivity index (χ1) is 5.63.